The van der Waals surface area contributed by atoms with Crippen molar-refractivity contribution in [3.8, 4) is 0 Å². The van der Waals surface area contributed by atoms with Crippen molar-refractivity contribution in [1.29, 1.82) is 0 Å². The SMILES string of the molecule is C[CH2][Ga]([CH2]C)/[C](=C\c1ccc(/C=[C](\[Ga]([CH2]C)[CH2]C)[Si](C)(C)C)cc1)[Si](C)(C)C. The van der Waals surface area contributed by atoms with Crippen LogP contribution in [0.1, 0.15) is 38.8 Å². The molecule has 0 saturated heterocycles. The molecule has 0 saturated carbocycles. The molecular weight excluding hydrogens is 484 g/mol. The van der Waals surface area contributed by atoms with E-state index < -0.39 is 48.6 Å². The van der Waals surface area contributed by atoms with Gasteiger partial charge in [-0.2, -0.15) is 0 Å². The van der Waals surface area contributed by atoms with Gasteiger partial charge in [-0.25, -0.2) is 0 Å². The molecule has 0 bridgehead atoms. The van der Waals surface area contributed by atoms with Crippen LogP contribution in [0.15, 0.2) is 31.8 Å². The second-order valence-electron chi connectivity index (χ2n) is 10.4. The van der Waals surface area contributed by atoms with Crippen LogP contribution in [0.25, 0.3) is 12.2 Å². The molecule has 1 aromatic rings. The Balaban J connectivity index is 3.28. The number of benzene rings is 1. The van der Waals surface area contributed by atoms with Crippen molar-refractivity contribution in [1.82, 2.24) is 0 Å². The first-order valence-electron chi connectivity index (χ1n) is 11.5. The average Bonchev–Trinajstić information content (AvgIpc) is 2.61. The minimum absolute atomic E-state index is 1.22. The van der Waals surface area contributed by atoms with Gasteiger partial charge in [0.05, 0.1) is 0 Å². The van der Waals surface area contributed by atoms with Crippen molar-refractivity contribution < 1.29 is 0 Å². The molecule has 0 aliphatic carbocycles. The Hall–Kier alpha value is 0.406. The summed E-state index contributed by atoms with van der Waals surface area (Å²) in [7, 11) is -2.44. The van der Waals surface area contributed by atoms with Crippen molar-refractivity contribution in [3.63, 3.8) is 0 Å². The fraction of sp³-hybridized carbons (Fsp3) is 0.583. The third-order valence-electron chi connectivity index (χ3n) is 6.16. The molecule has 0 aromatic heterocycles. The van der Waals surface area contributed by atoms with Gasteiger partial charge in [0, 0.05) is 0 Å². The molecular formula is C24H44Ga2Si2. The molecule has 0 aliphatic heterocycles. The normalized spacial score (nSPS) is 13.6. The molecule has 154 valence electrons. The molecule has 0 nitrogen and oxygen atoms in total. The van der Waals surface area contributed by atoms with Crippen LogP contribution in [-0.2, 0) is 0 Å². The van der Waals surface area contributed by atoms with Crippen molar-refractivity contribution in [2.45, 2.75) is 86.9 Å². The van der Waals surface area contributed by atoms with E-state index in [-0.39, 0.29) is 0 Å². The Labute approximate surface area is 189 Å². The van der Waals surface area contributed by atoms with Gasteiger partial charge in [0.15, 0.2) is 0 Å². The zero-order valence-electron chi connectivity index (χ0n) is 20.4. The predicted molar refractivity (Wildman–Crippen MR) is 143 cm³/mol. The predicted octanol–water partition coefficient (Wildman–Crippen LogP) is 8.36. The second-order valence-corrected chi connectivity index (χ2v) is 38.3. The van der Waals surface area contributed by atoms with Gasteiger partial charge in [-0.1, -0.05) is 0 Å². The summed E-state index contributed by atoms with van der Waals surface area (Å²) in [5.74, 6) is 0. The van der Waals surface area contributed by atoms with Gasteiger partial charge in [0.2, 0.25) is 0 Å². The molecule has 28 heavy (non-hydrogen) atoms. The molecule has 0 aliphatic rings. The summed E-state index contributed by atoms with van der Waals surface area (Å²) in [4.78, 5) is 5.78. The van der Waals surface area contributed by atoms with Crippen LogP contribution in [0.4, 0.5) is 0 Å². The Kier molecular flexibility index (Phi) is 11.1. The van der Waals surface area contributed by atoms with E-state index >= 15 is 0 Å². The Morgan fingerprint density at radius 1 is 0.607 bits per heavy atom. The zero-order chi connectivity index (χ0) is 21.5. The number of hydrogen-bond donors (Lipinski definition) is 0. The van der Waals surface area contributed by atoms with Crippen LogP contribution < -0.4 is 0 Å². The molecule has 4 heteroatoms. The van der Waals surface area contributed by atoms with Gasteiger partial charge in [-0.05, 0) is 0 Å². The summed E-state index contributed by atoms with van der Waals surface area (Å²) in [6.07, 6.45) is 5.21. The fourth-order valence-electron chi connectivity index (χ4n) is 4.40. The summed E-state index contributed by atoms with van der Waals surface area (Å²) < 4.78 is 3.84. The van der Waals surface area contributed by atoms with Gasteiger partial charge < -0.3 is 0 Å². The Bertz CT molecular complexity index is 594. The third kappa shape index (κ3) is 7.91. The van der Waals surface area contributed by atoms with Crippen LogP contribution in [0.2, 0.25) is 59.2 Å². The Morgan fingerprint density at radius 3 is 1.04 bits per heavy atom. The first kappa shape index (κ1) is 26.4. The standard InChI is InChI=1S/C16H24Si2.4C2H5.2Ga/c1-17(2,3)13-11-15-7-9-16(10-8-15)12-14-18(4,5)6;4*1-2;;/h7-12H,1-6H3;4*1H2,2H3;;. The van der Waals surface area contributed by atoms with Crippen LogP contribution in [0.5, 0.6) is 0 Å². The first-order chi connectivity index (χ1) is 13.0. The first-order valence-corrected chi connectivity index (χ1v) is 27.8. The molecule has 0 unspecified atom stereocenters. The van der Waals surface area contributed by atoms with Gasteiger partial charge in [0.25, 0.3) is 0 Å². The molecule has 0 radical (unpaired) electrons. The van der Waals surface area contributed by atoms with E-state index in [0.717, 1.165) is 0 Å². The van der Waals surface area contributed by atoms with Crippen molar-refractivity contribution in [2.75, 3.05) is 0 Å². The van der Waals surface area contributed by atoms with Crippen molar-refractivity contribution in [3.05, 3.63) is 42.9 Å². The number of hydrogen-bond acceptors (Lipinski definition) is 0. The Morgan fingerprint density at radius 2 is 0.857 bits per heavy atom. The second kappa shape index (κ2) is 11.7. The average molecular weight is 528 g/mol. The van der Waals surface area contributed by atoms with Gasteiger partial charge in [0.1, 0.15) is 0 Å². The summed E-state index contributed by atoms with van der Waals surface area (Å²) in [5.41, 5.74) is 2.87. The summed E-state index contributed by atoms with van der Waals surface area (Å²) in [5, 5.41) is 0. The monoisotopic (exact) mass is 526 g/mol. The quantitative estimate of drug-likeness (QED) is 0.268. The van der Waals surface area contributed by atoms with Crippen LogP contribution in [0.3, 0.4) is 0 Å². The van der Waals surface area contributed by atoms with E-state index in [1.807, 2.05) is 7.50 Å². The van der Waals surface area contributed by atoms with Crippen LogP contribution in [-0.4, -0.2) is 48.6 Å². The fourth-order valence-corrected chi connectivity index (χ4v) is 35.6. The maximum absolute atomic E-state index is 2.61. The topological polar surface area (TPSA) is 0 Å². The van der Waals surface area contributed by atoms with Crippen molar-refractivity contribution in [2.24, 2.45) is 0 Å². The summed E-state index contributed by atoms with van der Waals surface area (Å²) in [6, 6.07) is 9.55. The molecule has 1 aromatic carbocycles. The van der Waals surface area contributed by atoms with Crippen molar-refractivity contribution >= 4 is 60.7 Å². The molecule has 0 amide bonds. The number of rotatable bonds is 10. The van der Waals surface area contributed by atoms with Gasteiger partial charge >= 0.3 is 191 Å². The van der Waals surface area contributed by atoms with Gasteiger partial charge in [-0.15, -0.1) is 0 Å². The van der Waals surface area contributed by atoms with E-state index in [9.17, 15) is 0 Å². The van der Waals surface area contributed by atoms with E-state index in [4.69, 9.17) is 0 Å². The van der Waals surface area contributed by atoms with E-state index in [2.05, 4.69) is 103 Å². The molecule has 0 fully saturated rings. The molecule has 1 rings (SSSR count). The zero-order valence-corrected chi connectivity index (χ0v) is 27.3. The van der Waals surface area contributed by atoms with E-state index in [1.54, 1.807) is 0 Å². The molecule has 0 N–H and O–H groups in total. The van der Waals surface area contributed by atoms with E-state index in [0.29, 0.717) is 0 Å². The minimum atomic E-state index is -1.28. The van der Waals surface area contributed by atoms with Crippen LogP contribution >= 0.6 is 0 Å². The van der Waals surface area contributed by atoms with E-state index in [1.165, 1.54) is 31.0 Å². The summed E-state index contributed by atoms with van der Waals surface area (Å²) in [6.45, 7) is 25.0. The van der Waals surface area contributed by atoms with Crippen LogP contribution in [0, 0.1) is 0 Å². The third-order valence-corrected chi connectivity index (χ3v) is 37.7. The maximum atomic E-state index is 2.61. The van der Waals surface area contributed by atoms with Gasteiger partial charge in [-0.3, -0.25) is 0 Å². The molecule has 0 atom stereocenters. The molecule has 0 spiro atoms. The molecule has 0 heterocycles. The summed E-state index contributed by atoms with van der Waals surface area (Å²) >= 11 is -2.57.